The molecule has 9 heteroatoms. The number of nitrogens with one attached hydrogen (secondary N) is 1. The van der Waals surface area contributed by atoms with Crippen molar-refractivity contribution < 1.29 is 13.2 Å². The first-order chi connectivity index (χ1) is 16.7. The molecule has 1 atom stereocenters. The topological polar surface area (TPSA) is 69.7 Å². The van der Waals surface area contributed by atoms with Crippen LogP contribution >= 0.6 is 23.2 Å². The summed E-state index contributed by atoms with van der Waals surface area (Å²) in [7, 11) is -3.93. The molecule has 0 spiro atoms. The number of hydrogen-bond acceptors (Lipinski definition) is 4. The van der Waals surface area contributed by atoms with E-state index in [0.717, 1.165) is 16.8 Å². The van der Waals surface area contributed by atoms with Gasteiger partial charge in [-0.25, -0.2) is 8.42 Å². The van der Waals surface area contributed by atoms with Gasteiger partial charge in [-0.05, 0) is 60.9 Å². The van der Waals surface area contributed by atoms with E-state index in [2.05, 4.69) is 9.62 Å². The van der Waals surface area contributed by atoms with Gasteiger partial charge in [0.25, 0.3) is 0 Å². The van der Waals surface area contributed by atoms with E-state index in [0.29, 0.717) is 36.2 Å². The number of amides is 1. The van der Waals surface area contributed by atoms with Gasteiger partial charge in [-0.2, -0.15) is 4.72 Å². The first kappa shape index (κ1) is 25.5. The van der Waals surface area contributed by atoms with Crippen molar-refractivity contribution in [2.24, 2.45) is 0 Å². The van der Waals surface area contributed by atoms with Crippen molar-refractivity contribution >= 4 is 44.8 Å². The van der Waals surface area contributed by atoms with Gasteiger partial charge < -0.3 is 9.80 Å². The molecule has 0 radical (unpaired) electrons. The third-order valence-electron chi connectivity index (χ3n) is 6.11. The van der Waals surface area contributed by atoms with Crippen LogP contribution < -0.4 is 9.62 Å². The third-order valence-corrected chi connectivity index (χ3v) is 8.08. The predicted octanol–water partition coefficient (Wildman–Crippen LogP) is 4.54. The molecule has 0 aromatic heterocycles. The zero-order valence-corrected chi connectivity index (χ0v) is 21.7. The van der Waals surface area contributed by atoms with E-state index in [4.69, 9.17) is 23.2 Å². The van der Waals surface area contributed by atoms with E-state index in [-0.39, 0.29) is 17.2 Å². The third kappa shape index (κ3) is 6.35. The predicted molar refractivity (Wildman–Crippen MR) is 141 cm³/mol. The van der Waals surface area contributed by atoms with Crippen LogP contribution in [0.25, 0.3) is 0 Å². The van der Waals surface area contributed by atoms with Crippen LogP contribution in [-0.4, -0.2) is 51.4 Å². The Balaban J connectivity index is 1.51. The van der Waals surface area contributed by atoms with E-state index in [1.54, 1.807) is 4.90 Å². The first-order valence-electron chi connectivity index (χ1n) is 11.3. The van der Waals surface area contributed by atoms with Gasteiger partial charge >= 0.3 is 0 Å². The summed E-state index contributed by atoms with van der Waals surface area (Å²) < 4.78 is 28.8. The maximum absolute atomic E-state index is 13.6. The standard InChI is InChI=1S/C26H27Cl2N3O3S/c1-19-7-8-22(28)18-25(19)30-13-15-31(16-14-30)26(32)24(17-20-5-3-2-4-6-20)29-35(33,34)23-11-9-21(27)10-12-23/h2-12,18,24,29H,13-17H2,1H3/t24-/m0/s1. The highest BCUT2D eigenvalue weighted by Gasteiger charge is 2.31. The maximum atomic E-state index is 13.6. The van der Waals surface area contributed by atoms with Gasteiger partial charge in [0.2, 0.25) is 15.9 Å². The van der Waals surface area contributed by atoms with Gasteiger partial charge in [-0.3, -0.25) is 4.79 Å². The van der Waals surface area contributed by atoms with E-state index in [1.165, 1.54) is 24.3 Å². The summed E-state index contributed by atoms with van der Waals surface area (Å²) >= 11 is 12.1. The molecule has 4 rings (SSSR count). The van der Waals surface area contributed by atoms with E-state index >= 15 is 0 Å². The van der Waals surface area contributed by atoms with Gasteiger partial charge in [0.1, 0.15) is 6.04 Å². The van der Waals surface area contributed by atoms with Crippen LogP contribution in [0, 0.1) is 6.92 Å². The molecule has 0 aliphatic carbocycles. The molecule has 1 saturated heterocycles. The lowest BCUT2D eigenvalue weighted by molar-refractivity contribution is -0.133. The van der Waals surface area contributed by atoms with E-state index in [1.807, 2.05) is 55.5 Å². The Bertz CT molecular complexity index is 1280. The zero-order chi connectivity index (χ0) is 25.0. The number of hydrogen-bond donors (Lipinski definition) is 1. The molecule has 0 saturated carbocycles. The molecule has 6 nitrogen and oxygen atoms in total. The Kier molecular flexibility index (Phi) is 8.02. The molecular formula is C26H27Cl2N3O3S. The largest absolute Gasteiger partial charge is 0.368 e. The molecule has 1 aliphatic rings. The number of benzene rings is 3. The molecule has 1 amide bonds. The molecule has 0 unspecified atom stereocenters. The van der Waals surface area contributed by atoms with Gasteiger partial charge in [-0.1, -0.05) is 59.6 Å². The highest BCUT2D eigenvalue weighted by molar-refractivity contribution is 7.89. The van der Waals surface area contributed by atoms with Crippen LogP contribution in [0.15, 0.2) is 77.7 Å². The minimum atomic E-state index is -3.93. The molecule has 1 heterocycles. The first-order valence-corrected chi connectivity index (χ1v) is 13.6. The number of aryl methyl sites for hydroxylation is 1. The molecule has 1 aliphatic heterocycles. The molecule has 1 fully saturated rings. The van der Waals surface area contributed by atoms with Crippen LogP contribution in [0.5, 0.6) is 0 Å². The summed E-state index contributed by atoms with van der Waals surface area (Å²) in [6, 6.07) is 20.1. The summed E-state index contributed by atoms with van der Waals surface area (Å²) in [5.74, 6) is -0.242. The van der Waals surface area contributed by atoms with Crippen molar-refractivity contribution in [2.45, 2.75) is 24.3 Å². The number of carbonyl (C=O) groups is 1. The summed E-state index contributed by atoms with van der Waals surface area (Å²) in [5, 5.41) is 1.11. The number of rotatable bonds is 7. The lowest BCUT2D eigenvalue weighted by Gasteiger charge is -2.38. The van der Waals surface area contributed by atoms with Gasteiger partial charge in [-0.15, -0.1) is 0 Å². The summed E-state index contributed by atoms with van der Waals surface area (Å²) in [6.07, 6.45) is 0.250. The number of nitrogens with zero attached hydrogens (tertiary/aromatic N) is 2. The second-order valence-electron chi connectivity index (χ2n) is 8.56. The van der Waals surface area contributed by atoms with Crippen molar-refractivity contribution in [3.8, 4) is 0 Å². The molecule has 1 N–H and O–H groups in total. The van der Waals surface area contributed by atoms with E-state index in [9.17, 15) is 13.2 Å². The fourth-order valence-electron chi connectivity index (χ4n) is 4.21. The number of piperazine rings is 1. The van der Waals surface area contributed by atoms with Crippen LogP contribution in [0.1, 0.15) is 11.1 Å². The van der Waals surface area contributed by atoms with Crippen molar-refractivity contribution in [1.82, 2.24) is 9.62 Å². The van der Waals surface area contributed by atoms with Crippen molar-refractivity contribution in [3.63, 3.8) is 0 Å². The molecule has 3 aromatic rings. The smallest absolute Gasteiger partial charge is 0.241 e. The second kappa shape index (κ2) is 11.0. The summed E-state index contributed by atoms with van der Waals surface area (Å²) in [5.41, 5.74) is 3.04. The number of sulfonamides is 1. The van der Waals surface area contributed by atoms with Crippen LogP contribution in [0.4, 0.5) is 5.69 Å². The Morgan fingerprint density at radius 1 is 0.914 bits per heavy atom. The molecule has 184 valence electrons. The SMILES string of the molecule is Cc1ccc(Cl)cc1N1CCN(C(=O)[C@H](Cc2ccccc2)NS(=O)(=O)c2ccc(Cl)cc2)CC1. The van der Waals surface area contributed by atoms with Crippen molar-refractivity contribution in [1.29, 1.82) is 0 Å². The molecule has 0 bridgehead atoms. The maximum Gasteiger partial charge on any atom is 0.241 e. The average Bonchev–Trinajstić information content (AvgIpc) is 2.85. The zero-order valence-electron chi connectivity index (χ0n) is 19.3. The highest BCUT2D eigenvalue weighted by Crippen LogP contribution is 2.25. The minimum absolute atomic E-state index is 0.0639. The normalized spacial score (nSPS) is 15.2. The Hall–Kier alpha value is -2.58. The highest BCUT2D eigenvalue weighted by atomic mass is 35.5. The van der Waals surface area contributed by atoms with Gasteiger partial charge in [0.15, 0.2) is 0 Å². The molecule has 3 aromatic carbocycles. The minimum Gasteiger partial charge on any atom is -0.368 e. The van der Waals surface area contributed by atoms with Crippen LogP contribution in [0.3, 0.4) is 0 Å². The lowest BCUT2D eigenvalue weighted by atomic mass is 10.1. The second-order valence-corrected chi connectivity index (χ2v) is 11.1. The molecule has 35 heavy (non-hydrogen) atoms. The van der Waals surface area contributed by atoms with Crippen LogP contribution in [-0.2, 0) is 21.2 Å². The quantitative estimate of drug-likeness (QED) is 0.485. The summed E-state index contributed by atoms with van der Waals surface area (Å²) in [6.45, 7) is 4.27. The summed E-state index contributed by atoms with van der Waals surface area (Å²) in [4.78, 5) is 17.6. The van der Waals surface area contributed by atoms with Gasteiger partial charge in [0.05, 0.1) is 4.90 Å². The van der Waals surface area contributed by atoms with Crippen molar-refractivity contribution in [3.05, 3.63) is 94.0 Å². The fourth-order valence-corrected chi connectivity index (χ4v) is 5.69. The van der Waals surface area contributed by atoms with E-state index < -0.39 is 16.1 Å². The number of anilines is 1. The van der Waals surface area contributed by atoms with Crippen LogP contribution in [0.2, 0.25) is 10.0 Å². The Labute approximate surface area is 216 Å². The number of halogens is 2. The number of carbonyl (C=O) groups excluding carboxylic acids is 1. The Morgan fingerprint density at radius 3 is 2.20 bits per heavy atom. The lowest BCUT2D eigenvalue weighted by Crippen LogP contribution is -2.55. The van der Waals surface area contributed by atoms with Crippen molar-refractivity contribution in [2.75, 3.05) is 31.1 Å². The monoisotopic (exact) mass is 531 g/mol. The van der Waals surface area contributed by atoms with Gasteiger partial charge in [0, 0.05) is 41.9 Å². The average molecular weight is 532 g/mol. The fraction of sp³-hybridized carbons (Fsp3) is 0.269. The Morgan fingerprint density at radius 2 is 1.54 bits per heavy atom. The molecular weight excluding hydrogens is 505 g/mol.